The maximum absolute atomic E-state index is 14.5. The van der Waals surface area contributed by atoms with E-state index in [2.05, 4.69) is 5.32 Å². The minimum atomic E-state index is -4.31. The number of amides is 2. The third-order valence-corrected chi connectivity index (χ3v) is 10.1. The lowest BCUT2D eigenvalue weighted by Gasteiger charge is -2.34. The molecular formula is C34H33Cl4N3O4S. The molecule has 46 heavy (non-hydrogen) atoms. The fourth-order valence-corrected chi connectivity index (χ4v) is 7.04. The molecule has 4 aromatic rings. The summed E-state index contributed by atoms with van der Waals surface area (Å²) in [7, 11) is -4.31. The van der Waals surface area contributed by atoms with Gasteiger partial charge in [0.25, 0.3) is 10.0 Å². The number of rotatable bonds is 13. The van der Waals surface area contributed by atoms with Crippen LogP contribution in [0.2, 0.25) is 20.1 Å². The number of nitrogens with one attached hydrogen (secondary N) is 1. The number of aryl methyl sites for hydroxylation is 1. The Kier molecular flexibility index (Phi) is 12.4. The summed E-state index contributed by atoms with van der Waals surface area (Å²) in [6, 6.07) is 23.8. The Morgan fingerprint density at radius 1 is 0.804 bits per heavy atom. The maximum Gasteiger partial charge on any atom is 0.264 e. The van der Waals surface area contributed by atoms with E-state index in [4.69, 9.17) is 46.4 Å². The minimum absolute atomic E-state index is 0.0282. The van der Waals surface area contributed by atoms with Gasteiger partial charge in [-0.2, -0.15) is 0 Å². The lowest BCUT2D eigenvalue weighted by Crippen LogP contribution is -2.53. The van der Waals surface area contributed by atoms with Gasteiger partial charge in [-0.1, -0.05) is 107 Å². The summed E-state index contributed by atoms with van der Waals surface area (Å²) in [4.78, 5) is 29.6. The number of hydrogen-bond donors (Lipinski definition) is 1. The van der Waals surface area contributed by atoms with Crippen LogP contribution in [0.5, 0.6) is 0 Å². The molecule has 4 rings (SSSR count). The van der Waals surface area contributed by atoms with E-state index in [1.54, 1.807) is 30.3 Å². The Morgan fingerprint density at radius 2 is 1.46 bits per heavy atom. The van der Waals surface area contributed by atoms with Crippen molar-refractivity contribution in [3.8, 4) is 0 Å². The minimum Gasteiger partial charge on any atom is -0.354 e. The summed E-state index contributed by atoms with van der Waals surface area (Å²) < 4.78 is 29.3. The molecule has 0 aromatic heterocycles. The van der Waals surface area contributed by atoms with Gasteiger partial charge in [-0.25, -0.2) is 8.42 Å². The molecule has 1 atom stereocenters. The molecule has 4 aromatic carbocycles. The number of anilines is 1. The smallest absolute Gasteiger partial charge is 0.264 e. The van der Waals surface area contributed by atoms with Crippen LogP contribution in [0.1, 0.15) is 30.0 Å². The molecule has 0 fully saturated rings. The van der Waals surface area contributed by atoms with Crippen LogP contribution in [0, 0.1) is 6.92 Å². The molecule has 12 heteroatoms. The molecule has 0 spiro atoms. The second-order valence-electron chi connectivity index (χ2n) is 10.7. The number of carbonyl (C=O) groups is 2. The highest BCUT2D eigenvalue weighted by atomic mass is 35.5. The van der Waals surface area contributed by atoms with Crippen LogP contribution in [0.15, 0.2) is 95.9 Å². The molecule has 0 aliphatic carbocycles. The second-order valence-corrected chi connectivity index (χ2v) is 14.3. The van der Waals surface area contributed by atoms with Gasteiger partial charge in [0.05, 0.1) is 20.6 Å². The first-order chi connectivity index (χ1) is 21.9. The molecule has 0 saturated carbocycles. The summed E-state index contributed by atoms with van der Waals surface area (Å²) in [6.07, 6.45) is 0.861. The molecule has 242 valence electrons. The molecule has 7 nitrogen and oxygen atoms in total. The third-order valence-electron chi connectivity index (χ3n) is 7.18. The van der Waals surface area contributed by atoms with Gasteiger partial charge in [0, 0.05) is 29.6 Å². The average molecular weight is 722 g/mol. The lowest BCUT2D eigenvalue weighted by atomic mass is 10.0. The number of halogens is 4. The molecule has 0 heterocycles. The van der Waals surface area contributed by atoms with Crippen LogP contribution in [0.25, 0.3) is 0 Å². The molecule has 0 radical (unpaired) electrons. The molecule has 0 bridgehead atoms. The van der Waals surface area contributed by atoms with Crippen LogP contribution in [0.3, 0.4) is 0 Å². The molecule has 0 saturated heterocycles. The fourth-order valence-electron chi connectivity index (χ4n) is 4.80. The van der Waals surface area contributed by atoms with Gasteiger partial charge in [-0.3, -0.25) is 13.9 Å². The van der Waals surface area contributed by atoms with E-state index in [0.717, 1.165) is 15.4 Å². The van der Waals surface area contributed by atoms with Crippen molar-refractivity contribution < 1.29 is 18.0 Å². The predicted octanol–water partition coefficient (Wildman–Crippen LogP) is 7.97. The topological polar surface area (TPSA) is 86.8 Å². The van der Waals surface area contributed by atoms with Gasteiger partial charge in [-0.05, 0) is 66.9 Å². The summed E-state index contributed by atoms with van der Waals surface area (Å²) in [6.45, 7) is 3.46. The number of hydrogen-bond acceptors (Lipinski definition) is 4. The molecule has 1 N–H and O–H groups in total. The number of benzene rings is 4. The Hall–Kier alpha value is -3.27. The van der Waals surface area contributed by atoms with Gasteiger partial charge in [0.15, 0.2) is 0 Å². The van der Waals surface area contributed by atoms with Crippen LogP contribution in [-0.2, 0) is 32.6 Å². The zero-order valence-electron chi connectivity index (χ0n) is 25.2. The third kappa shape index (κ3) is 9.17. The Balaban J connectivity index is 1.83. The summed E-state index contributed by atoms with van der Waals surface area (Å²) in [5.41, 5.74) is 2.37. The van der Waals surface area contributed by atoms with E-state index < -0.39 is 28.5 Å². The Morgan fingerprint density at radius 3 is 2.07 bits per heavy atom. The first kappa shape index (κ1) is 35.6. The van der Waals surface area contributed by atoms with Gasteiger partial charge in [0.1, 0.15) is 12.6 Å². The highest BCUT2D eigenvalue weighted by Crippen LogP contribution is 2.31. The quantitative estimate of drug-likeness (QED) is 0.152. The molecule has 2 amide bonds. The molecular weight excluding hydrogens is 688 g/mol. The summed E-state index contributed by atoms with van der Waals surface area (Å²) >= 11 is 25.1. The van der Waals surface area contributed by atoms with E-state index in [1.807, 2.05) is 44.2 Å². The summed E-state index contributed by atoms with van der Waals surface area (Å²) in [5.74, 6) is -1.01. The van der Waals surface area contributed by atoms with Crippen LogP contribution >= 0.6 is 46.4 Å². The molecule has 0 aliphatic rings. The van der Waals surface area contributed by atoms with Gasteiger partial charge in [-0.15, -0.1) is 0 Å². The Bertz CT molecular complexity index is 1770. The van der Waals surface area contributed by atoms with Crippen molar-refractivity contribution in [1.82, 2.24) is 10.2 Å². The van der Waals surface area contributed by atoms with Gasteiger partial charge >= 0.3 is 0 Å². The Labute approximate surface area is 290 Å². The van der Waals surface area contributed by atoms with Crippen molar-refractivity contribution in [3.05, 3.63) is 128 Å². The van der Waals surface area contributed by atoms with Crippen LogP contribution in [0.4, 0.5) is 5.69 Å². The number of nitrogens with zero attached hydrogens (tertiary/aromatic N) is 2. The van der Waals surface area contributed by atoms with Crippen LogP contribution < -0.4 is 9.62 Å². The van der Waals surface area contributed by atoms with Crippen molar-refractivity contribution in [2.75, 3.05) is 17.4 Å². The monoisotopic (exact) mass is 719 g/mol. The van der Waals surface area contributed by atoms with Crippen molar-refractivity contribution >= 4 is 73.9 Å². The highest BCUT2D eigenvalue weighted by molar-refractivity contribution is 7.92. The highest BCUT2D eigenvalue weighted by Gasteiger charge is 2.35. The van der Waals surface area contributed by atoms with Crippen molar-refractivity contribution in [2.24, 2.45) is 0 Å². The first-order valence-corrected chi connectivity index (χ1v) is 17.4. The van der Waals surface area contributed by atoms with Crippen molar-refractivity contribution in [1.29, 1.82) is 0 Å². The largest absolute Gasteiger partial charge is 0.354 e. The zero-order chi connectivity index (χ0) is 33.4. The van der Waals surface area contributed by atoms with Crippen molar-refractivity contribution in [2.45, 2.75) is 44.2 Å². The second kappa shape index (κ2) is 16.0. The van der Waals surface area contributed by atoms with E-state index in [1.165, 1.54) is 35.2 Å². The predicted molar refractivity (Wildman–Crippen MR) is 186 cm³/mol. The average Bonchev–Trinajstić information content (AvgIpc) is 3.02. The first-order valence-electron chi connectivity index (χ1n) is 14.5. The zero-order valence-corrected chi connectivity index (χ0v) is 29.1. The molecule has 0 unspecified atom stereocenters. The number of sulfonamides is 1. The lowest BCUT2D eigenvalue weighted by molar-refractivity contribution is -0.140. The van der Waals surface area contributed by atoms with Gasteiger partial charge < -0.3 is 10.2 Å². The normalized spacial score (nSPS) is 12.0. The van der Waals surface area contributed by atoms with Crippen LogP contribution in [-0.4, -0.2) is 44.3 Å². The number of carbonyl (C=O) groups excluding carboxylic acids is 2. The van der Waals surface area contributed by atoms with E-state index in [0.29, 0.717) is 23.6 Å². The van der Waals surface area contributed by atoms with Crippen molar-refractivity contribution in [3.63, 3.8) is 0 Å². The SMILES string of the molecule is CCCNC(=O)[C@H](Cc1ccccc1)N(Cc1ccc(Cl)c(Cl)c1)C(=O)CN(c1cc(Cl)cc(Cl)c1)S(=O)(=O)c1ccc(C)cc1. The standard InChI is InChI=1S/C34H33Cl4N3O4S/c1-3-15-39-34(43)32(17-24-7-5-4-6-8-24)40(21-25-11-14-30(37)31(38)16-25)33(42)22-41(28-19-26(35)18-27(36)20-28)46(44,45)29-12-9-23(2)10-13-29/h4-14,16,18-20,32H,3,15,17,21-22H2,1-2H3,(H,39,43)/t32-/m0/s1. The van der Waals surface area contributed by atoms with Gasteiger partial charge in [0.2, 0.25) is 11.8 Å². The van der Waals surface area contributed by atoms with E-state index in [-0.39, 0.29) is 44.5 Å². The fraction of sp³-hybridized carbons (Fsp3) is 0.235. The summed E-state index contributed by atoms with van der Waals surface area (Å²) in [5, 5.41) is 3.89. The molecule has 0 aliphatic heterocycles. The van der Waals surface area contributed by atoms with E-state index in [9.17, 15) is 18.0 Å². The maximum atomic E-state index is 14.5. The van der Waals surface area contributed by atoms with E-state index >= 15 is 0 Å².